The average Bonchev–Trinajstić information content (AvgIpc) is 1.17. The largest absolute Gasteiger partial charge is 0.311 e. The average molecular weight is 1070 g/mol. The van der Waals surface area contributed by atoms with E-state index in [4.69, 9.17) is 12.3 Å². The van der Waals surface area contributed by atoms with Gasteiger partial charge in [-0.3, -0.25) is 0 Å². The van der Waals surface area contributed by atoms with Crippen LogP contribution in [-0.4, -0.2) is 11.3 Å². The van der Waals surface area contributed by atoms with Crippen molar-refractivity contribution in [2.75, 3.05) is 19.6 Å². The van der Waals surface area contributed by atoms with E-state index < -0.39 is 395 Å². The number of anilines is 12. The summed E-state index contributed by atoms with van der Waals surface area (Å²) in [6, 6.07) is -48.9. The van der Waals surface area contributed by atoms with Gasteiger partial charge >= 0.3 is 0 Å². The first-order valence-electron chi connectivity index (χ1n) is 45.7. The van der Waals surface area contributed by atoms with Crippen molar-refractivity contribution in [3.05, 3.63) is 265 Å². The zero-order valence-corrected chi connectivity index (χ0v) is 42.8. The van der Waals surface area contributed by atoms with E-state index in [1.807, 2.05) is 0 Å². The molecule has 15 rings (SSSR count). The van der Waals surface area contributed by atoms with Crippen molar-refractivity contribution in [2.24, 2.45) is 0 Å². The first-order valence-corrected chi connectivity index (χ1v) is 24.7. The molecule has 0 saturated heterocycles. The maximum absolute atomic E-state index is 11.4. The van der Waals surface area contributed by atoms with Crippen LogP contribution >= 0.6 is 0 Å². The number of aromatic nitrogens is 1. The second-order valence-electron chi connectivity index (χ2n) is 20.6. The maximum Gasteiger partial charge on any atom is 0.252 e. The Morgan fingerprint density at radius 2 is 0.850 bits per heavy atom. The third-order valence-electron chi connectivity index (χ3n) is 13.7. The summed E-state index contributed by atoms with van der Waals surface area (Å²) in [7, 11) is 0. The normalized spacial score (nSPS) is 20.4. The van der Waals surface area contributed by atoms with E-state index in [9.17, 15) is 45.2 Å². The van der Waals surface area contributed by atoms with Gasteiger partial charge in [-0.2, -0.15) is 0 Å². The van der Waals surface area contributed by atoms with Gasteiger partial charge < -0.3 is 24.2 Å². The van der Waals surface area contributed by atoms with Crippen molar-refractivity contribution in [2.45, 2.75) is 52.4 Å². The lowest BCUT2D eigenvalue weighted by Crippen LogP contribution is -2.61. The predicted molar refractivity (Wildman–Crippen MR) is 341 cm³/mol. The number of hydrogen-bond acceptors (Lipinski definition) is 4. The summed E-state index contributed by atoms with van der Waals surface area (Å²) < 4.78 is 411. The van der Waals surface area contributed by atoms with Crippen LogP contribution < -0.4 is 36.0 Å². The Bertz CT molecular complexity index is 6660. The van der Waals surface area contributed by atoms with Crippen molar-refractivity contribution >= 4 is 113 Å². The first-order chi connectivity index (χ1) is 56.5. The molecule has 0 saturated carbocycles. The Hall–Kier alpha value is -9.52. The van der Waals surface area contributed by atoms with Crippen LogP contribution in [0.3, 0.4) is 0 Å². The fourth-order valence-corrected chi connectivity index (χ4v) is 10.1. The van der Waals surface area contributed by atoms with Gasteiger partial charge in [-0.1, -0.05) is 193 Å². The highest BCUT2D eigenvalue weighted by molar-refractivity contribution is 7.00. The molecule has 5 nitrogen and oxygen atoms in total. The minimum atomic E-state index is -2.52. The third kappa shape index (κ3) is 7.46. The van der Waals surface area contributed by atoms with Crippen molar-refractivity contribution < 1.29 is 57.6 Å². The molecule has 6 heteroatoms. The van der Waals surface area contributed by atoms with Crippen LogP contribution in [0.15, 0.2) is 254 Å². The number of fused-ring (bicyclic) bond motifs is 9. The Morgan fingerprint density at radius 3 is 1.48 bits per heavy atom. The zero-order valence-electron chi connectivity index (χ0n) is 84.8. The van der Waals surface area contributed by atoms with Crippen LogP contribution in [0.25, 0.3) is 38.6 Å². The van der Waals surface area contributed by atoms with Crippen molar-refractivity contribution in [1.29, 1.82) is 0 Å². The number of hydrogen-bond donors (Lipinski definition) is 0. The molecular weight excluding hydrogens is 970 g/mol. The topological polar surface area (TPSA) is 17.9 Å². The Morgan fingerprint density at radius 1 is 0.362 bits per heavy atom. The second kappa shape index (κ2) is 18.0. The molecule has 4 heterocycles. The highest BCUT2D eigenvalue weighted by atomic mass is 15.2. The van der Waals surface area contributed by atoms with E-state index >= 15 is 0 Å². The standard InChI is InChI=1S/C74H60BN5/c1-73(2,3)51-34-40-55(41-35-51)76(56-42-36-52(37-43-56)74(4,5)6)58-44-45-62-67(46-58)78(57-38-32-50(33-39-57)49-20-10-7-11-21-49)68-47-59(77(53-22-12-8-13-23-53)54-24-14-9-15-25-54)48-69-70(68)75(62)63-28-19-31-66-72(63)80(69)65-30-18-27-61-60-26-16-17-29-64(60)79(66)71(61)65/h7-48H,1-6H3/i7D,8D,9D,10D,11D,12D,13D,14D,15D,16D,17D,18D,19D,20D,21D,22D,23D,24D,25D,26D,27D,28D,29D,30D,31D,32D,33D,34D,35D,36D,37D,38D,39D,40D,41D,42D,43D,44D,45D,46D,47D,48D. The van der Waals surface area contributed by atoms with Gasteiger partial charge in [0, 0.05) is 62.0 Å². The van der Waals surface area contributed by atoms with Gasteiger partial charge in [-0.05, 0) is 152 Å². The van der Waals surface area contributed by atoms with E-state index in [1.54, 1.807) is 0 Å². The summed E-state index contributed by atoms with van der Waals surface area (Å²) in [5.41, 5.74) is -23.9. The fraction of sp³-hybridized carbons (Fsp3) is 0.108. The highest BCUT2D eigenvalue weighted by Crippen LogP contribution is 2.54. The first kappa shape index (κ1) is 21.3. The Labute approximate surface area is 529 Å². The molecule has 80 heavy (non-hydrogen) atoms. The molecule has 0 unspecified atom stereocenters. The molecule has 3 aliphatic heterocycles. The summed E-state index contributed by atoms with van der Waals surface area (Å²) in [5.74, 6) is 0. The lowest BCUT2D eigenvalue weighted by atomic mass is 9.33. The van der Waals surface area contributed by atoms with Gasteiger partial charge in [0.1, 0.15) is 0 Å². The number of nitrogens with zero attached hydrogens (tertiary/aromatic N) is 5. The van der Waals surface area contributed by atoms with Gasteiger partial charge in [0.2, 0.25) is 0 Å². The number of benzene rings is 11. The molecule has 1 aromatic heterocycles. The summed E-state index contributed by atoms with van der Waals surface area (Å²) in [4.78, 5) is 1.91. The van der Waals surface area contributed by atoms with E-state index in [-0.39, 0.29) is 16.0 Å². The molecule has 3 aliphatic rings. The van der Waals surface area contributed by atoms with Gasteiger partial charge in [-0.15, -0.1) is 0 Å². The lowest BCUT2D eigenvalue weighted by Gasteiger charge is -2.47. The lowest BCUT2D eigenvalue weighted by molar-refractivity contribution is 0.590. The minimum absolute atomic E-state index is 0.270. The monoisotopic (exact) mass is 1070 g/mol. The fourth-order valence-electron chi connectivity index (χ4n) is 10.1. The van der Waals surface area contributed by atoms with Gasteiger partial charge in [-0.25, -0.2) is 0 Å². The van der Waals surface area contributed by atoms with E-state index in [1.165, 1.54) is 41.5 Å². The Balaban J connectivity index is 1.29. The second-order valence-corrected chi connectivity index (χ2v) is 20.6. The van der Waals surface area contributed by atoms with E-state index in [0.29, 0.717) is 9.80 Å². The molecule has 0 amide bonds. The Kier molecular flexibility index (Phi) is 4.79. The predicted octanol–water partition coefficient (Wildman–Crippen LogP) is 18.4. The van der Waals surface area contributed by atoms with E-state index in [0.717, 1.165) is 9.47 Å². The summed E-state index contributed by atoms with van der Waals surface area (Å²) >= 11 is 0. The summed E-state index contributed by atoms with van der Waals surface area (Å²) in [6.07, 6.45) is 0. The molecule has 0 N–H and O–H groups in total. The molecule has 0 fully saturated rings. The van der Waals surface area contributed by atoms with Crippen molar-refractivity contribution in [1.82, 2.24) is 4.57 Å². The summed E-state index contributed by atoms with van der Waals surface area (Å²) in [6.45, 7) is 6.59. The van der Waals surface area contributed by atoms with Gasteiger partial charge in [0.25, 0.3) is 6.71 Å². The molecular formula is C74H60BN5. The van der Waals surface area contributed by atoms with Gasteiger partial charge in [0.05, 0.1) is 91.4 Å². The van der Waals surface area contributed by atoms with Crippen LogP contribution in [-0.2, 0) is 10.8 Å². The number of rotatable bonds is 8. The maximum atomic E-state index is 11.4. The molecule has 0 spiro atoms. The van der Waals surface area contributed by atoms with Crippen molar-refractivity contribution in [3.63, 3.8) is 0 Å². The van der Waals surface area contributed by atoms with Gasteiger partial charge in [0.15, 0.2) is 0 Å². The minimum Gasteiger partial charge on any atom is -0.311 e. The van der Waals surface area contributed by atoms with Crippen LogP contribution in [0.1, 0.15) is 110 Å². The smallest absolute Gasteiger partial charge is 0.252 e. The molecule has 0 radical (unpaired) electrons. The zero-order chi connectivity index (χ0) is 90.6. The molecule has 0 bridgehead atoms. The van der Waals surface area contributed by atoms with Crippen LogP contribution in [0, 0.1) is 0 Å². The highest BCUT2D eigenvalue weighted by Gasteiger charge is 2.47. The van der Waals surface area contributed by atoms with E-state index in [2.05, 4.69) is 0 Å². The van der Waals surface area contributed by atoms with Crippen molar-refractivity contribution in [3.8, 4) is 16.8 Å². The van der Waals surface area contributed by atoms with Crippen LogP contribution in [0.2, 0.25) is 0 Å². The van der Waals surface area contributed by atoms with Crippen LogP contribution in [0.5, 0.6) is 0 Å². The quantitative estimate of drug-likeness (QED) is 0.141. The molecule has 12 aromatic rings. The molecule has 0 atom stereocenters. The number of para-hydroxylation sites is 5. The molecule has 384 valence electrons. The molecule has 11 aromatic carbocycles. The SMILES string of the molecule is [2H]c1c([2H])c([2H])c(-c2c([2H])c([2H])c(N3c4c([2H])c(N(c5c([2H])c([2H])c(C(C)(C)C)c([2H])c5[2H])c5c([2H])c([2H])c(C(C)(C)C)c([2H])c5[2H])c([2H])c([2H])c4B4c5c3c([2H])c(N(c3c([2H])c([2H])c([2H])c([2H])c3[2H])c3c([2H])c([2H])c([2H])c([2H])c3[2H])c([2H])c5N3c5c4c([2H])c([2H])c([2H])c5-n4c5c([2H])c([2H])c([2H])c([2H])c5c5c([2H])c([2H])c([2H])c3c54)c([2H])c2[2H])c([2H])c1[2H]. The molecule has 0 aliphatic carbocycles. The summed E-state index contributed by atoms with van der Waals surface area (Å²) in [5, 5.41) is -1.21. The third-order valence-corrected chi connectivity index (χ3v) is 13.7. The van der Waals surface area contributed by atoms with Crippen LogP contribution in [0.4, 0.5) is 68.2 Å².